The van der Waals surface area contributed by atoms with Gasteiger partial charge in [-0.15, -0.1) is 0 Å². The van der Waals surface area contributed by atoms with Gasteiger partial charge in [-0.2, -0.15) is 0 Å². The van der Waals surface area contributed by atoms with Gasteiger partial charge < -0.3 is 9.84 Å². The maximum Gasteiger partial charge on any atom is 0.323 e. The Labute approximate surface area is 71.5 Å². The number of hydrogen-bond donors (Lipinski definition) is 1. The maximum absolute atomic E-state index is 11.1. The summed E-state index contributed by atoms with van der Waals surface area (Å²) in [6, 6.07) is 0. The molecule has 0 heterocycles. The highest BCUT2D eigenvalue weighted by molar-refractivity contribution is 5.98. The Morgan fingerprint density at radius 3 is 1.92 bits per heavy atom. The Morgan fingerprint density at radius 2 is 1.83 bits per heavy atom. The van der Waals surface area contributed by atoms with Gasteiger partial charge in [0.15, 0.2) is 5.41 Å². The molecule has 0 fully saturated rings. The zero-order valence-electron chi connectivity index (χ0n) is 7.75. The SMILES string of the molecule is COC(=O)[C@](C)(C(=O)O)C(C)C. The molecule has 0 aromatic rings. The largest absolute Gasteiger partial charge is 0.480 e. The summed E-state index contributed by atoms with van der Waals surface area (Å²) < 4.78 is 4.42. The van der Waals surface area contributed by atoms with Crippen LogP contribution in [0.5, 0.6) is 0 Å². The van der Waals surface area contributed by atoms with Crippen molar-refractivity contribution in [1.29, 1.82) is 0 Å². The van der Waals surface area contributed by atoms with Crippen LogP contribution in [0.15, 0.2) is 0 Å². The summed E-state index contributed by atoms with van der Waals surface area (Å²) in [6.07, 6.45) is 0. The molecule has 0 saturated carbocycles. The van der Waals surface area contributed by atoms with Crippen molar-refractivity contribution in [2.75, 3.05) is 7.11 Å². The average molecular weight is 174 g/mol. The van der Waals surface area contributed by atoms with Crippen LogP contribution in [0.1, 0.15) is 20.8 Å². The van der Waals surface area contributed by atoms with E-state index in [0.29, 0.717) is 0 Å². The summed E-state index contributed by atoms with van der Waals surface area (Å²) in [5.74, 6) is -2.14. The molecular weight excluding hydrogens is 160 g/mol. The van der Waals surface area contributed by atoms with Crippen LogP contribution in [0.2, 0.25) is 0 Å². The first kappa shape index (κ1) is 10.9. The van der Waals surface area contributed by atoms with E-state index in [0.717, 1.165) is 0 Å². The zero-order chi connectivity index (χ0) is 9.94. The van der Waals surface area contributed by atoms with Crippen LogP contribution in [-0.2, 0) is 14.3 Å². The highest BCUT2D eigenvalue weighted by atomic mass is 16.5. The number of carboxylic acids is 1. The Morgan fingerprint density at radius 1 is 1.42 bits per heavy atom. The van der Waals surface area contributed by atoms with Gasteiger partial charge in [0.2, 0.25) is 0 Å². The van der Waals surface area contributed by atoms with Crippen LogP contribution in [0.25, 0.3) is 0 Å². The minimum absolute atomic E-state index is 0.289. The van der Waals surface area contributed by atoms with Gasteiger partial charge in [-0.05, 0) is 12.8 Å². The van der Waals surface area contributed by atoms with Crippen molar-refractivity contribution in [1.82, 2.24) is 0 Å². The van der Waals surface area contributed by atoms with E-state index >= 15 is 0 Å². The fourth-order valence-electron chi connectivity index (χ4n) is 0.782. The molecular formula is C8H14O4. The Balaban J connectivity index is 4.87. The Kier molecular flexibility index (Phi) is 3.24. The highest BCUT2D eigenvalue weighted by Gasteiger charge is 2.45. The first-order chi connectivity index (χ1) is 5.37. The topological polar surface area (TPSA) is 63.6 Å². The van der Waals surface area contributed by atoms with Gasteiger partial charge >= 0.3 is 11.9 Å². The fourth-order valence-corrected chi connectivity index (χ4v) is 0.782. The van der Waals surface area contributed by atoms with Crippen molar-refractivity contribution in [2.45, 2.75) is 20.8 Å². The number of carbonyl (C=O) groups is 2. The second kappa shape index (κ2) is 3.56. The molecule has 12 heavy (non-hydrogen) atoms. The van der Waals surface area contributed by atoms with E-state index in [1.54, 1.807) is 13.8 Å². The summed E-state index contributed by atoms with van der Waals surface area (Å²) in [4.78, 5) is 21.9. The van der Waals surface area contributed by atoms with E-state index in [1.165, 1.54) is 14.0 Å². The quantitative estimate of drug-likeness (QED) is 0.510. The number of carboxylic acid groups (broad SMARTS) is 1. The number of esters is 1. The number of rotatable bonds is 3. The Bertz CT molecular complexity index is 197. The highest BCUT2D eigenvalue weighted by Crippen LogP contribution is 2.28. The van der Waals surface area contributed by atoms with Gasteiger partial charge in [-0.3, -0.25) is 9.59 Å². The van der Waals surface area contributed by atoms with Crippen LogP contribution < -0.4 is 0 Å². The van der Waals surface area contributed by atoms with Crippen LogP contribution >= 0.6 is 0 Å². The molecule has 0 aliphatic heterocycles. The lowest BCUT2D eigenvalue weighted by Crippen LogP contribution is -2.41. The number of aliphatic carboxylic acids is 1. The van der Waals surface area contributed by atoms with Crippen molar-refractivity contribution in [3.63, 3.8) is 0 Å². The lowest BCUT2D eigenvalue weighted by Gasteiger charge is -2.25. The molecule has 70 valence electrons. The molecule has 0 aliphatic rings. The van der Waals surface area contributed by atoms with E-state index < -0.39 is 17.4 Å². The number of carbonyl (C=O) groups excluding carboxylic acids is 1. The van der Waals surface area contributed by atoms with Gasteiger partial charge in [0.1, 0.15) is 0 Å². The molecule has 0 saturated heterocycles. The summed E-state index contributed by atoms with van der Waals surface area (Å²) in [5, 5.41) is 8.80. The predicted molar refractivity (Wildman–Crippen MR) is 42.6 cm³/mol. The molecule has 0 aliphatic carbocycles. The third-order valence-corrected chi connectivity index (χ3v) is 2.21. The minimum atomic E-state index is -1.44. The Hall–Kier alpha value is -1.06. The molecule has 0 aromatic carbocycles. The van der Waals surface area contributed by atoms with E-state index in [1.807, 2.05) is 0 Å². The third-order valence-electron chi connectivity index (χ3n) is 2.21. The molecule has 0 spiro atoms. The monoisotopic (exact) mass is 174 g/mol. The molecule has 1 N–H and O–H groups in total. The summed E-state index contributed by atoms with van der Waals surface area (Å²) in [7, 11) is 1.19. The van der Waals surface area contributed by atoms with Crippen LogP contribution in [0, 0.1) is 11.3 Å². The normalized spacial score (nSPS) is 15.4. The lowest BCUT2D eigenvalue weighted by atomic mass is 9.79. The molecule has 0 bridgehead atoms. The van der Waals surface area contributed by atoms with Crippen molar-refractivity contribution in [3.8, 4) is 0 Å². The van der Waals surface area contributed by atoms with Crippen LogP contribution in [0.4, 0.5) is 0 Å². The van der Waals surface area contributed by atoms with Crippen LogP contribution in [-0.4, -0.2) is 24.2 Å². The van der Waals surface area contributed by atoms with Gasteiger partial charge in [0, 0.05) is 0 Å². The van der Waals surface area contributed by atoms with Gasteiger partial charge in [-0.1, -0.05) is 13.8 Å². The molecule has 0 rings (SSSR count). The maximum atomic E-state index is 11.1. The molecule has 4 nitrogen and oxygen atoms in total. The molecule has 1 atom stereocenters. The molecule has 4 heteroatoms. The first-order valence-electron chi connectivity index (χ1n) is 3.69. The van der Waals surface area contributed by atoms with Crippen LogP contribution in [0.3, 0.4) is 0 Å². The van der Waals surface area contributed by atoms with Crippen molar-refractivity contribution in [3.05, 3.63) is 0 Å². The minimum Gasteiger partial charge on any atom is -0.480 e. The number of ether oxygens (including phenoxy) is 1. The molecule has 0 unspecified atom stereocenters. The first-order valence-corrected chi connectivity index (χ1v) is 3.69. The van der Waals surface area contributed by atoms with Crippen molar-refractivity contribution >= 4 is 11.9 Å². The van der Waals surface area contributed by atoms with Gasteiger partial charge in [-0.25, -0.2) is 0 Å². The second-order valence-corrected chi connectivity index (χ2v) is 3.15. The third kappa shape index (κ3) is 1.57. The van der Waals surface area contributed by atoms with E-state index in [9.17, 15) is 9.59 Å². The van der Waals surface area contributed by atoms with Gasteiger partial charge in [0.05, 0.1) is 7.11 Å². The van der Waals surface area contributed by atoms with E-state index in [-0.39, 0.29) is 5.92 Å². The molecule has 0 radical (unpaired) electrons. The van der Waals surface area contributed by atoms with E-state index in [4.69, 9.17) is 5.11 Å². The number of hydrogen-bond acceptors (Lipinski definition) is 3. The van der Waals surface area contributed by atoms with Crippen molar-refractivity contribution < 1.29 is 19.4 Å². The van der Waals surface area contributed by atoms with Gasteiger partial charge in [0.25, 0.3) is 0 Å². The van der Waals surface area contributed by atoms with Crippen molar-refractivity contribution in [2.24, 2.45) is 11.3 Å². The predicted octanol–water partition coefficient (Wildman–Crippen LogP) is 0.906. The van der Waals surface area contributed by atoms with E-state index in [2.05, 4.69) is 4.74 Å². The lowest BCUT2D eigenvalue weighted by molar-refractivity contribution is -0.168. The summed E-state index contributed by atoms with van der Waals surface area (Å²) in [5.41, 5.74) is -1.44. The summed E-state index contributed by atoms with van der Waals surface area (Å²) >= 11 is 0. The molecule has 0 aromatic heterocycles. The fraction of sp³-hybridized carbons (Fsp3) is 0.750. The molecule has 0 amide bonds. The second-order valence-electron chi connectivity index (χ2n) is 3.15. The smallest absolute Gasteiger partial charge is 0.323 e. The standard InChI is InChI=1S/C8H14O4/c1-5(2)8(3,6(9)10)7(11)12-4/h5H,1-4H3,(H,9,10)/t8-/m0/s1. The summed E-state index contributed by atoms with van der Waals surface area (Å²) in [6.45, 7) is 4.71. The average Bonchev–Trinajstić information content (AvgIpc) is 2.00. The zero-order valence-corrected chi connectivity index (χ0v) is 7.75. The number of methoxy groups -OCH3 is 1.